The van der Waals surface area contributed by atoms with E-state index in [2.05, 4.69) is 23.7 Å². The maximum atomic E-state index is 12.6. The number of para-hydroxylation sites is 2. The molecule has 1 aromatic carbocycles. The average molecular weight is 399 g/mol. The summed E-state index contributed by atoms with van der Waals surface area (Å²) in [5.74, 6) is 0.479. The van der Waals surface area contributed by atoms with Crippen molar-refractivity contribution < 1.29 is 4.79 Å². The summed E-state index contributed by atoms with van der Waals surface area (Å²) in [6, 6.07) is 7.12. The number of rotatable bonds is 8. The Balaban J connectivity index is 1.65. The predicted octanol–water partition coefficient (Wildman–Crippen LogP) is 1.59. The van der Waals surface area contributed by atoms with Crippen LogP contribution in [0.15, 0.2) is 46.5 Å². The van der Waals surface area contributed by atoms with E-state index in [1.165, 1.54) is 22.0 Å². The molecule has 2 aromatic rings. The summed E-state index contributed by atoms with van der Waals surface area (Å²) >= 11 is 0. The van der Waals surface area contributed by atoms with Crippen molar-refractivity contribution in [3.05, 3.63) is 57.6 Å². The molecule has 1 fully saturated rings. The highest BCUT2D eigenvalue weighted by Crippen LogP contribution is 2.15. The van der Waals surface area contributed by atoms with Gasteiger partial charge in [-0.2, -0.15) is 0 Å². The van der Waals surface area contributed by atoms with Crippen LogP contribution in [-0.4, -0.2) is 46.1 Å². The van der Waals surface area contributed by atoms with Crippen molar-refractivity contribution >= 4 is 16.9 Å². The smallest absolute Gasteiger partial charge is 0.317 e. The number of piperidine rings is 1. The van der Waals surface area contributed by atoms with Gasteiger partial charge in [-0.3, -0.25) is 23.5 Å². The van der Waals surface area contributed by atoms with Gasteiger partial charge in [-0.15, -0.1) is 6.58 Å². The number of fused-ring (bicyclic) bond motifs is 1. The number of aromatic nitrogens is 2. The first-order valence-corrected chi connectivity index (χ1v) is 10.3. The fourth-order valence-corrected chi connectivity index (χ4v) is 4.06. The van der Waals surface area contributed by atoms with E-state index >= 15 is 0 Å². The minimum absolute atomic E-state index is 0.162. The van der Waals surface area contributed by atoms with Gasteiger partial charge in [-0.05, 0) is 50.4 Å². The van der Waals surface area contributed by atoms with Crippen molar-refractivity contribution in [1.82, 2.24) is 19.4 Å². The lowest BCUT2D eigenvalue weighted by molar-refractivity contribution is -0.121. The molecule has 2 heterocycles. The molecule has 1 N–H and O–H groups in total. The number of nitrogens with one attached hydrogen (secondary N) is 1. The second kappa shape index (κ2) is 9.69. The van der Waals surface area contributed by atoms with E-state index in [4.69, 9.17) is 0 Å². The SMILES string of the molecule is C=CCn1c(=O)c(=O)n(CC(=O)NCCCN2CCCC(C)C2)c2ccccc21. The van der Waals surface area contributed by atoms with Gasteiger partial charge in [-0.25, -0.2) is 0 Å². The molecule has 7 heteroatoms. The summed E-state index contributed by atoms with van der Waals surface area (Å²) in [7, 11) is 0. The van der Waals surface area contributed by atoms with E-state index in [0.717, 1.165) is 32.0 Å². The molecule has 1 amide bonds. The number of amides is 1. The van der Waals surface area contributed by atoms with Crippen LogP contribution in [0.5, 0.6) is 0 Å². The van der Waals surface area contributed by atoms with Gasteiger partial charge in [0.05, 0.1) is 11.0 Å². The van der Waals surface area contributed by atoms with Gasteiger partial charge >= 0.3 is 11.1 Å². The second-order valence-corrected chi connectivity index (χ2v) is 7.84. The summed E-state index contributed by atoms with van der Waals surface area (Å²) in [6.45, 7) is 9.78. The molecule has 1 unspecified atom stereocenters. The van der Waals surface area contributed by atoms with Crippen LogP contribution in [0.25, 0.3) is 11.0 Å². The summed E-state index contributed by atoms with van der Waals surface area (Å²) < 4.78 is 2.65. The van der Waals surface area contributed by atoms with Crippen molar-refractivity contribution in [2.45, 2.75) is 39.3 Å². The molecular formula is C22H30N4O3. The molecule has 29 heavy (non-hydrogen) atoms. The summed E-state index contributed by atoms with van der Waals surface area (Å²) in [4.78, 5) is 39.9. The molecule has 3 rings (SSSR count). The van der Waals surface area contributed by atoms with Gasteiger partial charge < -0.3 is 10.2 Å². The van der Waals surface area contributed by atoms with Gasteiger partial charge in [-0.1, -0.05) is 25.1 Å². The molecule has 0 bridgehead atoms. The van der Waals surface area contributed by atoms with Crippen LogP contribution in [0.1, 0.15) is 26.2 Å². The molecule has 156 valence electrons. The van der Waals surface area contributed by atoms with Crippen molar-refractivity contribution in [1.29, 1.82) is 0 Å². The third-order valence-corrected chi connectivity index (χ3v) is 5.46. The molecule has 7 nitrogen and oxygen atoms in total. The number of carbonyl (C=O) groups excluding carboxylic acids is 1. The lowest BCUT2D eigenvalue weighted by Gasteiger charge is -2.30. The maximum Gasteiger partial charge on any atom is 0.317 e. The van der Waals surface area contributed by atoms with Gasteiger partial charge in [0.2, 0.25) is 5.91 Å². The van der Waals surface area contributed by atoms with Crippen molar-refractivity contribution in [3.63, 3.8) is 0 Å². The molecule has 0 spiro atoms. The molecule has 1 aromatic heterocycles. The van der Waals surface area contributed by atoms with E-state index in [9.17, 15) is 14.4 Å². The lowest BCUT2D eigenvalue weighted by Crippen LogP contribution is -2.44. The quantitative estimate of drug-likeness (QED) is 0.416. The number of carbonyl (C=O) groups is 1. The van der Waals surface area contributed by atoms with E-state index in [0.29, 0.717) is 17.6 Å². The number of hydrogen-bond donors (Lipinski definition) is 1. The number of nitrogens with zero attached hydrogens (tertiary/aromatic N) is 3. The highest BCUT2D eigenvalue weighted by molar-refractivity contribution is 5.80. The molecule has 1 aliphatic rings. The highest BCUT2D eigenvalue weighted by atomic mass is 16.2. The minimum atomic E-state index is -0.692. The number of allylic oxidation sites excluding steroid dienone is 1. The largest absolute Gasteiger partial charge is 0.355 e. The van der Waals surface area contributed by atoms with Gasteiger partial charge in [0, 0.05) is 19.6 Å². The molecular weight excluding hydrogens is 368 g/mol. The van der Waals surface area contributed by atoms with Gasteiger partial charge in [0.15, 0.2) is 0 Å². The normalized spacial score (nSPS) is 17.3. The van der Waals surface area contributed by atoms with Crippen LogP contribution in [0.3, 0.4) is 0 Å². The second-order valence-electron chi connectivity index (χ2n) is 7.84. The maximum absolute atomic E-state index is 12.6. The number of hydrogen-bond acceptors (Lipinski definition) is 4. The van der Waals surface area contributed by atoms with E-state index in [-0.39, 0.29) is 19.0 Å². The van der Waals surface area contributed by atoms with E-state index in [1.807, 2.05) is 0 Å². The Hall–Kier alpha value is -2.67. The number of likely N-dealkylation sites (tertiary alicyclic amines) is 1. The lowest BCUT2D eigenvalue weighted by atomic mass is 10.0. The zero-order valence-corrected chi connectivity index (χ0v) is 17.1. The summed E-state index contributed by atoms with van der Waals surface area (Å²) in [6.07, 6.45) is 4.98. The zero-order chi connectivity index (χ0) is 20.8. The van der Waals surface area contributed by atoms with Gasteiger partial charge in [0.25, 0.3) is 0 Å². The first kappa shape index (κ1) is 21.0. The predicted molar refractivity (Wildman–Crippen MR) is 115 cm³/mol. The standard InChI is InChI=1S/C22H30N4O3/c1-3-12-25-18-9-4-5-10-19(18)26(22(29)21(25)28)16-20(27)23-11-7-14-24-13-6-8-17(2)15-24/h3-5,9-10,17H,1,6-8,11-16H2,2H3,(H,23,27). The Morgan fingerprint density at radius 3 is 2.59 bits per heavy atom. The van der Waals surface area contributed by atoms with Crippen LogP contribution in [0, 0.1) is 5.92 Å². The van der Waals surface area contributed by atoms with Crippen LogP contribution >= 0.6 is 0 Å². The van der Waals surface area contributed by atoms with Crippen LogP contribution in [0.4, 0.5) is 0 Å². The van der Waals surface area contributed by atoms with Crippen LogP contribution < -0.4 is 16.4 Å². The summed E-state index contributed by atoms with van der Waals surface area (Å²) in [5, 5.41) is 2.88. The molecule has 1 aliphatic heterocycles. The Morgan fingerprint density at radius 2 is 1.90 bits per heavy atom. The Bertz CT molecular complexity index is 992. The Morgan fingerprint density at radius 1 is 1.21 bits per heavy atom. The topological polar surface area (TPSA) is 76.3 Å². The Labute approximate surface area is 170 Å². The first-order valence-electron chi connectivity index (χ1n) is 10.3. The van der Waals surface area contributed by atoms with Crippen molar-refractivity contribution in [2.75, 3.05) is 26.2 Å². The van der Waals surface area contributed by atoms with Crippen molar-refractivity contribution in [3.8, 4) is 0 Å². The van der Waals surface area contributed by atoms with E-state index in [1.54, 1.807) is 30.3 Å². The molecule has 1 atom stereocenters. The fourth-order valence-electron chi connectivity index (χ4n) is 4.06. The van der Waals surface area contributed by atoms with Crippen LogP contribution in [0.2, 0.25) is 0 Å². The molecule has 0 radical (unpaired) electrons. The molecule has 0 aliphatic carbocycles. The third-order valence-electron chi connectivity index (χ3n) is 5.46. The Kier molecular flexibility index (Phi) is 7.04. The molecule has 0 saturated carbocycles. The number of benzene rings is 1. The van der Waals surface area contributed by atoms with Crippen molar-refractivity contribution in [2.24, 2.45) is 5.92 Å². The fraction of sp³-hybridized carbons (Fsp3) is 0.500. The van der Waals surface area contributed by atoms with Gasteiger partial charge in [0.1, 0.15) is 6.54 Å². The highest BCUT2D eigenvalue weighted by Gasteiger charge is 2.16. The average Bonchev–Trinajstić information content (AvgIpc) is 2.72. The first-order chi connectivity index (χ1) is 14.0. The zero-order valence-electron chi connectivity index (χ0n) is 17.1. The molecule has 1 saturated heterocycles. The monoisotopic (exact) mass is 398 g/mol. The van der Waals surface area contributed by atoms with E-state index < -0.39 is 11.1 Å². The minimum Gasteiger partial charge on any atom is -0.355 e. The third kappa shape index (κ3) is 5.03. The summed E-state index contributed by atoms with van der Waals surface area (Å²) in [5.41, 5.74) is -0.154. The van der Waals surface area contributed by atoms with Crippen LogP contribution in [-0.2, 0) is 17.9 Å².